The molecule has 0 radical (unpaired) electrons. The highest BCUT2D eigenvalue weighted by atomic mass is 16.6. The highest BCUT2D eigenvalue weighted by molar-refractivity contribution is 5.68. The van der Waals surface area contributed by atoms with Gasteiger partial charge in [0.05, 0.1) is 0 Å². The fourth-order valence-corrected chi connectivity index (χ4v) is 2.86. The van der Waals surface area contributed by atoms with E-state index in [1.807, 2.05) is 0 Å². The first-order valence-corrected chi connectivity index (χ1v) is 7.65. The third-order valence-electron chi connectivity index (χ3n) is 4.18. The Kier molecular flexibility index (Phi) is 4.38. The molecule has 10 heteroatoms. The fourth-order valence-electron chi connectivity index (χ4n) is 2.86. The quantitative estimate of drug-likeness (QED) is 0.442. The Hall–Kier alpha value is -2.62. The lowest BCUT2D eigenvalue weighted by Crippen LogP contribution is -2.34. The van der Waals surface area contributed by atoms with E-state index in [4.69, 9.17) is 9.47 Å². The molecule has 1 saturated carbocycles. The second-order valence-electron chi connectivity index (χ2n) is 5.79. The van der Waals surface area contributed by atoms with E-state index < -0.39 is 29.2 Å². The van der Waals surface area contributed by atoms with E-state index in [0.29, 0.717) is 32.2 Å². The first-order valence-electron chi connectivity index (χ1n) is 7.65. The number of nitrogens with one attached hydrogen (secondary N) is 3. The van der Waals surface area contributed by atoms with Crippen molar-refractivity contribution in [1.29, 1.82) is 0 Å². The third-order valence-corrected chi connectivity index (χ3v) is 4.18. The summed E-state index contributed by atoms with van der Waals surface area (Å²) < 4.78 is 12.5. The molecular formula is C14H18N4O6. The lowest BCUT2D eigenvalue weighted by atomic mass is 10.2. The molecule has 1 spiro atoms. The Morgan fingerprint density at radius 3 is 3.08 bits per heavy atom. The van der Waals surface area contributed by atoms with Crippen LogP contribution in [0.3, 0.4) is 0 Å². The van der Waals surface area contributed by atoms with Crippen LogP contribution in [0, 0.1) is 0 Å². The number of carbonyl (C=O) groups excluding carboxylic acids is 2. The monoisotopic (exact) mass is 338 g/mol. The van der Waals surface area contributed by atoms with E-state index in [2.05, 4.69) is 15.6 Å². The van der Waals surface area contributed by atoms with Crippen LogP contribution in [-0.2, 0) is 14.3 Å². The average Bonchev–Trinajstić information content (AvgIpc) is 3.00. The van der Waals surface area contributed by atoms with Crippen molar-refractivity contribution in [3.63, 3.8) is 0 Å². The molecule has 1 saturated heterocycles. The molecule has 0 bridgehead atoms. The molecule has 2 fully saturated rings. The smallest absolute Gasteiger partial charge is 0.407 e. The predicted octanol–water partition coefficient (Wildman–Crippen LogP) is -1.17. The van der Waals surface area contributed by atoms with Crippen LogP contribution in [0.5, 0.6) is 0 Å². The van der Waals surface area contributed by atoms with Gasteiger partial charge in [-0.2, -0.15) is 0 Å². The number of nitrogens with zero attached hydrogens (tertiary/aromatic N) is 1. The van der Waals surface area contributed by atoms with Gasteiger partial charge in [0.2, 0.25) is 6.41 Å². The van der Waals surface area contributed by atoms with Crippen molar-refractivity contribution in [2.45, 2.75) is 37.2 Å². The molecule has 1 aliphatic heterocycles. The summed E-state index contributed by atoms with van der Waals surface area (Å²) in [5.74, 6) is 0. The van der Waals surface area contributed by atoms with Crippen molar-refractivity contribution in [3.05, 3.63) is 33.1 Å². The number of ether oxygens (including phenoxy) is 2. The van der Waals surface area contributed by atoms with Crippen LogP contribution in [-0.4, -0.2) is 46.8 Å². The van der Waals surface area contributed by atoms with Gasteiger partial charge < -0.3 is 20.1 Å². The van der Waals surface area contributed by atoms with E-state index in [-0.39, 0.29) is 12.6 Å². The van der Waals surface area contributed by atoms with E-state index in [1.165, 1.54) is 16.8 Å². The van der Waals surface area contributed by atoms with Crippen molar-refractivity contribution in [1.82, 2.24) is 20.2 Å². The third kappa shape index (κ3) is 3.32. The molecule has 1 aromatic rings. The molecule has 0 aromatic carbocycles. The molecule has 3 atom stereocenters. The van der Waals surface area contributed by atoms with Gasteiger partial charge in [-0.1, -0.05) is 0 Å². The number of H-pyrrole nitrogens is 1. The number of aromatic nitrogens is 2. The summed E-state index contributed by atoms with van der Waals surface area (Å²) in [5, 5.41) is 4.94. The van der Waals surface area contributed by atoms with Crippen molar-refractivity contribution in [2.75, 3.05) is 13.1 Å². The molecule has 24 heavy (non-hydrogen) atoms. The van der Waals surface area contributed by atoms with Gasteiger partial charge in [-0.15, -0.1) is 0 Å². The number of carbonyl (C=O) groups is 2. The first kappa shape index (κ1) is 16.2. The van der Waals surface area contributed by atoms with Crippen LogP contribution in [0.25, 0.3) is 0 Å². The standard InChI is InChI=1S/C14H18N4O6/c19-8-15-4-5-16-13(22)23-9-7-14(9)3-1-11(24-14)18-6-2-10(20)17-12(18)21/h2,6,8-9,11H,1,3-5,7H2,(H,15,19)(H,16,22)(H,17,20,21)/t9?,11-,14?/m1/s1. The lowest BCUT2D eigenvalue weighted by Gasteiger charge is -2.15. The molecule has 2 heterocycles. The summed E-state index contributed by atoms with van der Waals surface area (Å²) in [6.07, 6.45) is 2.36. The Bertz CT molecular complexity index is 743. The van der Waals surface area contributed by atoms with Crippen LogP contribution < -0.4 is 21.9 Å². The molecule has 2 unspecified atom stereocenters. The molecule has 3 rings (SSSR count). The van der Waals surface area contributed by atoms with Crippen LogP contribution in [0.2, 0.25) is 0 Å². The summed E-state index contributed by atoms with van der Waals surface area (Å²) in [7, 11) is 0. The minimum atomic E-state index is -0.571. The summed E-state index contributed by atoms with van der Waals surface area (Å²) in [6.45, 7) is 0.593. The van der Waals surface area contributed by atoms with Crippen molar-refractivity contribution in [2.24, 2.45) is 0 Å². The van der Waals surface area contributed by atoms with Crippen LogP contribution in [0.15, 0.2) is 21.9 Å². The summed E-state index contributed by atoms with van der Waals surface area (Å²) in [6, 6.07) is 1.26. The molecular weight excluding hydrogens is 320 g/mol. The molecule has 10 nitrogen and oxygen atoms in total. The fraction of sp³-hybridized carbons (Fsp3) is 0.571. The Morgan fingerprint density at radius 2 is 2.33 bits per heavy atom. The zero-order valence-electron chi connectivity index (χ0n) is 12.8. The van der Waals surface area contributed by atoms with Crippen molar-refractivity contribution >= 4 is 12.5 Å². The largest absolute Gasteiger partial charge is 0.443 e. The van der Waals surface area contributed by atoms with Crippen molar-refractivity contribution in [3.8, 4) is 0 Å². The minimum absolute atomic E-state index is 0.271. The van der Waals surface area contributed by atoms with Gasteiger partial charge >= 0.3 is 11.8 Å². The van der Waals surface area contributed by atoms with E-state index in [1.54, 1.807) is 0 Å². The van der Waals surface area contributed by atoms with Gasteiger partial charge in [0, 0.05) is 31.8 Å². The number of alkyl carbamates (subject to hydrolysis) is 1. The van der Waals surface area contributed by atoms with Crippen molar-refractivity contribution < 1.29 is 19.1 Å². The van der Waals surface area contributed by atoms with Gasteiger partial charge in [-0.3, -0.25) is 19.1 Å². The molecule has 2 aliphatic rings. The zero-order chi connectivity index (χ0) is 17.2. The Balaban J connectivity index is 1.51. The van der Waals surface area contributed by atoms with Gasteiger partial charge in [-0.05, 0) is 12.8 Å². The lowest BCUT2D eigenvalue weighted by molar-refractivity contribution is -0.109. The number of hydrogen-bond acceptors (Lipinski definition) is 6. The maximum absolute atomic E-state index is 11.8. The SMILES string of the molecule is O=CNCCNC(=O)OC1CC12CC[C@H](n1ccc(=O)[nH]c1=O)O2. The number of rotatable bonds is 6. The van der Waals surface area contributed by atoms with E-state index in [9.17, 15) is 19.2 Å². The average molecular weight is 338 g/mol. The maximum Gasteiger partial charge on any atom is 0.407 e. The summed E-state index contributed by atoms with van der Waals surface area (Å²) in [5.41, 5.74) is -1.54. The Labute approximate surface area is 136 Å². The van der Waals surface area contributed by atoms with E-state index >= 15 is 0 Å². The first-order chi connectivity index (χ1) is 11.5. The topological polar surface area (TPSA) is 132 Å². The molecule has 1 aliphatic carbocycles. The summed E-state index contributed by atoms with van der Waals surface area (Å²) in [4.78, 5) is 46.8. The molecule has 2 amide bonds. The molecule has 3 N–H and O–H groups in total. The van der Waals surface area contributed by atoms with Gasteiger partial charge in [-0.25, -0.2) is 9.59 Å². The maximum atomic E-state index is 11.8. The van der Waals surface area contributed by atoms with Gasteiger partial charge in [0.1, 0.15) is 17.9 Å². The van der Waals surface area contributed by atoms with Crippen LogP contribution in [0.1, 0.15) is 25.5 Å². The second-order valence-corrected chi connectivity index (χ2v) is 5.79. The van der Waals surface area contributed by atoms with E-state index in [0.717, 1.165) is 0 Å². The predicted molar refractivity (Wildman–Crippen MR) is 80.4 cm³/mol. The van der Waals surface area contributed by atoms with Gasteiger partial charge in [0.25, 0.3) is 5.56 Å². The molecule has 130 valence electrons. The highest BCUT2D eigenvalue weighted by Gasteiger charge is 2.62. The minimum Gasteiger partial charge on any atom is -0.443 e. The zero-order valence-corrected chi connectivity index (χ0v) is 12.8. The van der Waals surface area contributed by atoms with Crippen LogP contribution >= 0.6 is 0 Å². The number of hydrogen-bond donors (Lipinski definition) is 3. The van der Waals surface area contributed by atoms with Gasteiger partial charge in [0.15, 0.2) is 0 Å². The Morgan fingerprint density at radius 1 is 1.50 bits per heavy atom. The van der Waals surface area contributed by atoms with Crippen LogP contribution in [0.4, 0.5) is 4.79 Å². The highest BCUT2D eigenvalue weighted by Crippen LogP contribution is 2.54. The number of aromatic amines is 1. The second kappa shape index (κ2) is 6.48. The molecule has 1 aromatic heterocycles. The summed E-state index contributed by atoms with van der Waals surface area (Å²) >= 11 is 0. The number of amides is 2. The normalized spacial score (nSPS) is 27.7.